The molecule has 1 aromatic heterocycles. The Kier molecular flexibility index (Phi) is 8.66. The van der Waals surface area contributed by atoms with Crippen LogP contribution in [0.2, 0.25) is 5.02 Å². The highest BCUT2D eigenvalue weighted by atomic mass is 35.5. The molecule has 3 aromatic carbocycles. The number of ether oxygens (including phenoxy) is 2. The summed E-state index contributed by atoms with van der Waals surface area (Å²) in [5.74, 6) is 1.14. The lowest BCUT2D eigenvalue weighted by Gasteiger charge is -2.17. The Morgan fingerprint density at radius 1 is 1.00 bits per heavy atom. The highest BCUT2D eigenvalue weighted by molar-refractivity contribution is 6.32. The number of rotatable bonds is 10. The van der Waals surface area contributed by atoms with Crippen molar-refractivity contribution in [1.29, 1.82) is 0 Å². The first kappa shape index (κ1) is 28.2. The van der Waals surface area contributed by atoms with Gasteiger partial charge < -0.3 is 19.4 Å². The second kappa shape index (κ2) is 12.0. The van der Waals surface area contributed by atoms with Crippen LogP contribution in [0.25, 0.3) is 10.9 Å². The van der Waals surface area contributed by atoms with E-state index in [0.717, 1.165) is 45.3 Å². The molecule has 2 atom stereocenters. The topological polar surface area (TPSA) is 69.6 Å². The first-order valence-electron chi connectivity index (χ1n) is 13.1. The number of halogens is 1. The van der Waals surface area contributed by atoms with Gasteiger partial charge in [0.1, 0.15) is 11.5 Å². The number of carbonyl (C=O) groups is 2. The molecule has 1 N–H and O–H groups in total. The lowest BCUT2D eigenvalue weighted by atomic mass is 10.1. The van der Waals surface area contributed by atoms with Gasteiger partial charge in [0.25, 0.3) is 5.91 Å². The Hall–Kier alpha value is -3.77. The van der Waals surface area contributed by atoms with E-state index in [1.54, 1.807) is 13.0 Å². The second-order valence-corrected chi connectivity index (χ2v) is 10.6. The summed E-state index contributed by atoms with van der Waals surface area (Å²) < 4.78 is 13.7. The van der Waals surface area contributed by atoms with Gasteiger partial charge in [-0.25, -0.2) is 0 Å². The summed E-state index contributed by atoms with van der Waals surface area (Å²) in [6, 6.07) is 19.0. The zero-order chi connectivity index (χ0) is 28.3. The molecular formula is C32H35ClN2O4. The molecule has 204 valence electrons. The first-order valence-corrected chi connectivity index (χ1v) is 13.5. The fraction of sp³-hybridized carbons (Fsp3) is 0.312. The van der Waals surface area contributed by atoms with Gasteiger partial charge in [0.15, 0.2) is 12.4 Å². The number of benzene rings is 3. The van der Waals surface area contributed by atoms with Gasteiger partial charge in [-0.1, -0.05) is 29.8 Å². The Labute approximate surface area is 234 Å². The van der Waals surface area contributed by atoms with E-state index < -0.39 is 6.10 Å². The minimum absolute atomic E-state index is 0.0807. The molecule has 1 amide bonds. The summed E-state index contributed by atoms with van der Waals surface area (Å²) in [5.41, 5.74) is 5.84. The summed E-state index contributed by atoms with van der Waals surface area (Å²) in [7, 11) is 0. The molecule has 0 bridgehead atoms. The van der Waals surface area contributed by atoms with Crippen LogP contribution in [0.3, 0.4) is 0 Å². The minimum Gasteiger partial charge on any atom is -0.491 e. The fourth-order valence-electron chi connectivity index (χ4n) is 4.63. The zero-order valence-electron chi connectivity index (χ0n) is 23.2. The summed E-state index contributed by atoms with van der Waals surface area (Å²) in [6.07, 6.45) is 0.235. The number of hydrogen-bond donors (Lipinski definition) is 1. The molecule has 0 aliphatic rings. The highest BCUT2D eigenvalue weighted by Gasteiger charge is 2.17. The smallest absolute Gasteiger partial charge is 0.251 e. The van der Waals surface area contributed by atoms with Crippen molar-refractivity contribution in [3.05, 3.63) is 93.6 Å². The Balaban J connectivity index is 1.56. The van der Waals surface area contributed by atoms with Crippen molar-refractivity contribution in [2.24, 2.45) is 0 Å². The van der Waals surface area contributed by atoms with Crippen LogP contribution in [-0.4, -0.2) is 29.0 Å². The van der Waals surface area contributed by atoms with Crippen molar-refractivity contribution in [2.75, 3.05) is 0 Å². The number of aldehydes is 1. The number of nitrogens with zero attached hydrogens (tertiary/aromatic N) is 1. The van der Waals surface area contributed by atoms with E-state index in [1.807, 2.05) is 75.4 Å². The SMILES string of the molecule is Cc1c(C)n(Cc2ccc(Cl)c(O[C@@H](C)C=O)c2)c2ccc(C(=O)N[C@@H](C)c3cccc(OC(C)C)c3)cc12. The molecule has 0 fully saturated rings. The molecule has 4 aromatic rings. The molecular weight excluding hydrogens is 512 g/mol. The molecule has 6 nitrogen and oxygen atoms in total. The Morgan fingerprint density at radius 2 is 1.77 bits per heavy atom. The molecule has 0 spiro atoms. The predicted octanol–water partition coefficient (Wildman–Crippen LogP) is 7.20. The monoisotopic (exact) mass is 546 g/mol. The maximum Gasteiger partial charge on any atom is 0.251 e. The van der Waals surface area contributed by atoms with Crippen molar-refractivity contribution in [3.8, 4) is 11.5 Å². The van der Waals surface area contributed by atoms with Crippen LogP contribution >= 0.6 is 11.6 Å². The van der Waals surface area contributed by atoms with Gasteiger partial charge in [-0.3, -0.25) is 9.59 Å². The lowest BCUT2D eigenvalue weighted by molar-refractivity contribution is -0.113. The summed E-state index contributed by atoms with van der Waals surface area (Å²) >= 11 is 6.29. The molecule has 0 aliphatic heterocycles. The number of amides is 1. The van der Waals surface area contributed by atoms with E-state index in [-0.39, 0.29) is 18.1 Å². The van der Waals surface area contributed by atoms with Crippen molar-refractivity contribution in [3.63, 3.8) is 0 Å². The van der Waals surface area contributed by atoms with Gasteiger partial charge in [0.2, 0.25) is 0 Å². The van der Waals surface area contributed by atoms with Crippen LogP contribution < -0.4 is 14.8 Å². The van der Waals surface area contributed by atoms with Crippen molar-refractivity contribution in [1.82, 2.24) is 9.88 Å². The van der Waals surface area contributed by atoms with E-state index in [9.17, 15) is 9.59 Å². The molecule has 0 saturated heterocycles. The quantitative estimate of drug-likeness (QED) is 0.213. The maximum absolute atomic E-state index is 13.2. The van der Waals surface area contributed by atoms with Crippen LogP contribution in [0.5, 0.6) is 11.5 Å². The molecule has 0 saturated carbocycles. The van der Waals surface area contributed by atoms with E-state index in [4.69, 9.17) is 21.1 Å². The summed E-state index contributed by atoms with van der Waals surface area (Å²) in [6.45, 7) is 12.4. The predicted molar refractivity (Wildman–Crippen MR) is 156 cm³/mol. The van der Waals surface area contributed by atoms with Gasteiger partial charge in [0, 0.05) is 28.7 Å². The summed E-state index contributed by atoms with van der Waals surface area (Å²) in [4.78, 5) is 24.3. The molecule has 0 radical (unpaired) electrons. The van der Waals surface area contributed by atoms with Gasteiger partial charge in [-0.2, -0.15) is 0 Å². The summed E-state index contributed by atoms with van der Waals surface area (Å²) in [5, 5.41) is 4.61. The average molecular weight is 547 g/mol. The fourth-order valence-corrected chi connectivity index (χ4v) is 4.80. The van der Waals surface area contributed by atoms with Crippen molar-refractivity contribution >= 4 is 34.7 Å². The first-order chi connectivity index (χ1) is 18.6. The number of hydrogen-bond acceptors (Lipinski definition) is 4. The third-order valence-corrected chi connectivity index (χ3v) is 7.13. The largest absolute Gasteiger partial charge is 0.491 e. The van der Waals surface area contributed by atoms with E-state index in [2.05, 4.69) is 23.7 Å². The van der Waals surface area contributed by atoms with Crippen LogP contribution in [0.4, 0.5) is 0 Å². The minimum atomic E-state index is -0.585. The number of carbonyl (C=O) groups excluding carboxylic acids is 2. The molecule has 39 heavy (non-hydrogen) atoms. The Morgan fingerprint density at radius 3 is 2.49 bits per heavy atom. The molecule has 7 heteroatoms. The number of nitrogens with one attached hydrogen (secondary N) is 1. The third-order valence-electron chi connectivity index (χ3n) is 6.82. The van der Waals surface area contributed by atoms with Gasteiger partial charge in [0.05, 0.1) is 17.2 Å². The van der Waals surface area contributed by atoms with Crippen molar-refractivity contribution in [2.45, 2.75) is 66.3 Å². The van der Waals surface area contributed by atoms with Crippen LogP contribution in [-0.2, 0) is 11.3 Å². The van der Waals surface area contributed by atoms with Gasteiger partial charge >= 0.3 is 0 Å². The van der Waals surface area contributed by atoms with E-state index >= 15 is 0 Å². The number of aromatic nitrogens is 1. The lowest BCUT2D eigenvalue weighted by Crippen LogP contribution is -2.26. The molecule has 0 unspecified atom stereocenters. The second-order valence-electron chi connectivity index (χ2n) is 10.2. The van der Waals surface area contributed by atoms with E-state index in [0.29, 0.717) is 22.9 Å². The molecule has 0 aliphatic carbocycles. The third kappa shape index (κ3) is 6.45. The van der Waals surface area contributed by atoms with Gasteiger partial charge in [-0.15, -0.1) is 0 Å². The number of fused-ring (bicyclic) bond motifs is 1. The van der Waals surface area contributed by atoms with Gasteiger partial charge in [-0.05, 0) is 101 Å². The molecule has 4 rings (SSSR count). The van der Waals surface area contributed by atoms with Crippen LogP contribution in [0.15, 0.2) is 60.7 Å². The van der Waals surface area contributed by atoms with E-state index in [1.165, 1.54) is 0 Å². The normalized spacial score (nSPS) is 12.8. The van der Waals surface area contributed by atoms with Crippen molar-refractivity contribution < 1.29 is 19.1 Å². The highest BCUT2D eigenvalue weighted by Crippen LogP contribution is 2.30. The zero-order valence-corrected chi connectivity index (χ0v) is 24.0. The standard InChI is InChI=1S/C32H35ClN2O4/c1-19(2)38-27-9-7-8-25(15-27)22(5)34-32(37)26-11-13-30-28(16-26)21(4)23(6)35(30)17-24-10-12-29(33)31(14-24)39-20(3)18-36/h7-16,18-20,22H,17H2,1-6H3,(H,34,37)/t20-,22-/m0/s1. The molecule has 1 heterocycles. The Bertz CT molecular complexity index is 1510. The average Bonchev–Trinajstić information content (AvgIpc) is 3.14. The van der Waals surface area contributed by atoms with Crippen LogP contribution in [0.1, 0.15) is 66.5 Å². The maximum atomic E-state index is 13.2. The van der Waals surface area contributed by atoms with Crippen LogP contribution in [0, 0.1) is 13.8 Å². The number of aryl methyl sites for hydroxylation is 1.